The number of likely N-dealkylation sites (tertiary alicyclic amines) is 2. The highest BCUT2D eigenvalue weighted by atomic mass is 79.9. The number of nitrogens with one attached hydrogen (secondary N) is 2. The maximum Gasteiger partial charge on any atom is 0.294 e. The van der Waals surface area contributed by atoms with Crippen molar-refractivity contribution >= 4 is 44.8 Å². The fourth-order valence-electron chi connectivity index (χ4n) is 4.68. The molecule has 1 aromatic heterocycles. The third-order valence-electron chi connectivity index (χ3n) is 6.48. The summed E-state index contributed by atoms with van der Waals surface area (Å²) in [5, 5.41) is 18.2. The summed E-state index contributed by atoms with van der Waals surface area (Å²) in [5.41, 5.74) is 1.56. The normalized spacial score (nSPS) is 18.2. The highest BCUT2D eigenvalue weighted by Crippen LogP contribution is 2.35. The molecule has 11 heteroatoms. The lowest BCUT2D eigenvalue weighted by Crippen LogP contribution is -2.45. The maximum absolute atomic E-state index is 13.4. The monoisotopic (exact) mass is 544 g/mol. The molecular weight excluding hydrogens is 516 g/mol. The lowest BCUT2D eigenvalue weighted by Gasteiger charge is -2.34. The van der Waals surface area contributed by atoms with Gasteiger partial charge in [0.1, 0.15) is 5.69 Å². The number of nitro benzene ring substituents is 1. The van der Waals surface area contributed by atoms with Gasteiger partial charge in [-0.15, -0.1) is 0 Å². The van der Waals surface area contributed by atoms with Gasteiger partial charge < -0.3 is 20.4 Å². The molecule has 2 aliphatic heterocycles. The Hall–Kier alpha value is -3.21. The van der Waals surface area contributed by atoms with Gasteiger partial charge in [0.25, 0.3) is 17.5 Å². The van der Waals surface area contributed by atoms with Crippen LogP contribution in [0, 0.1) is 10.1 Å². The predicted octanol–water partition coefficient (Wildman–Crippen LogP) is 4.14. The molecule has 0 bridgehead atoms. The number of amides is 2. The number of halogens is 1. The molecule has 1 atom stereocenters. The van der Waals surface area contributed by atoms with Crippen molar-refractivity contribution in [1.29, 1.82) is 0 Å². The number of hydrogen-bond acceptors (Lipinski definition) is 7. The van der Waals surface area contributed by atoms with E-state index in [0.717, 1.165) is 37.8 Å². The number of nitrogens with zero attached hydrogens (tertiary/aromatic N) is 4. The molecule has 0 unspecified atom stereocenters. The number of rotatable bonds is 6. The molecule has 2 aromatic rings. The maximum atomic E-state index is 13.4. The SMILES string of the molecule is CNc1cncc(C(=O)N2CCC[C@@H](Nc3c(C(=O)N4CCCCC4)cc(Br)cc3[N+](=O)[O-])C2)c1. The lowest BCUT2D eigenvalue weighted by molar-refractivity contribution is -0.384. The second kappa shape index (κ2) is 11.0. The molecule has 1 aromatic carbocycles. The minimum absolute atomic E-state index is 0.143. The number of hydrogen-bond donors (Lipinski definition) is 2. The van der Waals surface area contributed by atoms with Crippen LogP contribution in [0.4, 0.5) is 17.1 Å². The third kappa shape index (κ3) is 5.72. The first-order valence-electron chi connectivity index (χ1n) is 11.8. The number of carbonyl (C=O) groups excluding carboxylic acids is 2. The summed E-state index contributed by atoms with van der Waals surface area (Å²) in [5.74, 6) is -0.355. The van der Waals surface area contributed by atoms with Gasteiger partial charge in [-0.05, 0) is 44.2 Å². The molecule has 10 nitrogen and oxygen atoms in total. The Morgan fingerprint density at radius 2 is 1.80 bits per heavy atom. The van der Waals surface area contributed by atoms with E-state index < -0.39 is 4.92 Å². The summed E-state index contributed by atoms with van der Waals surface area (Å²) in [6, 6.07) is 4.57. The first kappa shape index (κ1) is 24.9. The van der Waals surface area contributed by atoms with Crippen molar-refractivity contribution in [3.8, 4) is 0 Å². The van der Waals surface area contributed by atoms with Crippen molar-refractivity contribution in [3.05, 3.63) is 56.3 Å². The van der Waals surface area contributed by atoms with Crippen molar-refractivity contribution in [3.63, 3.8) is 0 Å². The van der Waals surface area contributed by atoms with Crippen LogP contribution in [-0.4, -0.2) is 70.8 Å². The smallest absolute Gasteiger partial charge is 0.294 e. The molecular formula is C24H29BrN6O4. The number of carbonyl (C=O) groups is 2. The summed E-state index contributed by atoms with van der Waals surface area (Å²) in [6.45, 7) is 2.24. The van der Waals surface area contributed by atoms with E-state index in [0.29, 0.717) is 36.2 Å². The number of anilines is 2. The number of piperidine rings is 2. The van der Waals surface area contributed by atoms with E-state index in [4.69, 9.17) is 0 Å². The van der Waals surface area contributed by atoms with Gasteiger partial charge in [0, 0.05) is 62.2 Å². The second-order valence-electron chi connectivity index (χ2n) is 8.90. The summed E-state index contributed by atoms with van der Waals surface area (Å²) in [6.07, 6.45) is 7.57. The Morgan fingerprint density at radius 3 is 2.51 bits per heavy atom. The van der Waals surface area contributed by atoms with Crippen LogP contribution in [0.1, 0.15) is 52.8 Å². The molecule has 0 aliphatic carbocycles. The molecule has 0 radical (unpaired) electrons. The molecule has 0 saturated carbocycles. The average molecular weight is 545 g/mol. The summed E-state index contributed by atoms with van der Waals surface area (Å²) in [4.78, 5) is 45.6. The second-order valence-corrected chi connectivity index (χ2v) is 9.82. The van der Waals surface area contributed by atoms with Crippen LogP contribution < -0.4 is 10.6 Å². The zero-order valence-electron chi connectivity index (χ0n) is 19.6. The zero-order chi connectivity index (χ0) is 24.9. The molecule has 186 valence electrons. The average Bonchev–Trinajstić information content (AvgIpc) is 2.89. The van der Waals surface area contributed by atoms with Gasteiger partial charge in [-0.1, -0.05) is 15.9 Å². The first-order chi connectivity index (χ1) is 16.9. The van der Waals surface area contributed by atoms with Crippen molar-refractivity contribution in [2.24, 2.45) is 0 Å². The van der Waals surface area contributed by atoms with Gasteiger partial charge in [0.2, 0.25) is 0 Å². The fourth-order valence-corrected chi connectivity index (χ4v) is 5.13. The minimum atomic E-state index is -0.471. The predicted molar refractivity (Wildman–Crippen MR) is 137 cm³/mol. The third-order valence-corrected chi connectivity index (χ3v) is 6.94. The van der Waals surface area contributed by atoms with Crippen LogP contribution in [0.25, 0.3) is 0 Å². The van der Waals surface area contributed by atoms with Gasteiger partial charge in [-0.25, -0.2) is 0 Å². The lowest BCUT2D eigenvalue weighted by atomic mass is 10.0. The largest absolute Gasteiger partial charge is 0.387 e. The van der Waals surface area contributed by atoms with E-state index in [1.807, 2.05) is 0 Å². The quantitative estimate of drug-likeness (QED) is 0.414. The summed E-state index contributed by atoms with van der Waals surface area (Å²) < 4.78 is 0.479. The van der Waals surface area contributed by atoms with Gasteiger partial charge in [-0.3, -0.25) is 24.7 Å². The minimum Gasteiger partial charge on any atom is -0.387 e. The Balaban J connectivity index is 1.59. The van der Waals surface area contributed by atoms with E-state index in [1.54, 1.807) is 35.2 Å². The standard InChI is InChI=1S/C24H29BrN6O4/c1-26-19-10-16(13-27-14-19)23(32)30-9-5-6-18(15-30)28-22-20(11-17(25)12-21(22)31(34)35)24(33)29-7-3-2-4-8-29/h10-14,18,26,28H,2-9,15H2,1H3/t18-/m1/s1. The molecule has 2 N–H and O–H groups in total. The topological polar surface area (TPSA) is 121 Å². The van der Waals surface area contributed by atoms with Crippen LogP contribution >= 0.6 is 15.9 Å². The fraction of sp³-hybridized carbons (Fsp3) is 0.458. The van der Waals surface area contributed by atoms with E-state index in [-0.39, 0.29) is 34.8 Å². The van der Waals surface area contributed by atoms with E-state index in [9.17, 15) is 19.7 Å². The van der Waals surface area contributed by atoms with E-state index in [2.05, 4.69) is 31.5 Å². The molecule has 0 spiro atoms. The van der Waals surface area contributed by atoms with Crippen LogP contribution in [0.5, 0.6) is 0 Å². The van der Waals surface area contributed by atoms with Crippen LogP contribution in [0.2, 0.25) is 0 Å². The summed E-state index contributed by atoms with van der Waals surface area (Å²) in [7, 11) is 1.76. The molecule has 2 aliphatic rings. The Labute approximate surface area is 212 Å². The number of aromatic nitrogens is 1. The molecule has 3 heterocycles. The van der Waals surface area contributed by atoms with Gasteiger partial charge in [0.05, 0.1) is 21.7 Å². The van der Waals surface area contributed by atoms with Gasteiger partial charge >= 0.3 is 0 Å². The van der Waals surface area contributed by atoms with E-state index >= 15 is 0 Å². The van der Waals surface area contributed by atoms with Crippen molar-refractivity contribution in [1.82, 2.24) is 14.8 Å². The number of benzene rings is 1. The molecule has 2 saturated heterocycles. The van der Waals surface area contributed by atoms with Crippen molar-refractivity contribution in [2.75, 3.05) is 43.9 Å². The van der Waals surface area contributed by atoms with Crippen LogP contribution in [-0.2, 0) is 0 Å². The van der Waals surface area contributed by atoms with E-state index in [1.165, 1.54) is 12.3 Å². The van der Waals surface area contributed by atoms with Crippen molar-refractivity contribution < 1.29 is 14.5 Å². The molecule has 2 amide bonds. The number of pyridine rings is 1. The highest BCUT2D eigenvalue weighted by molar-refractivity contribution is 9.10. The van der Waals surface area contributed by atoms with Crippen LogP contribution in [0.3, 0.4) is 0 Å². The zero-order valence-corrected chi connectivity index (χ0v) is 21.2. The first-order valence-corrected chi connectivity index (χ1v) is 12.6. The van der Waals surface area contributed by atoms with Gasteiger partial charge in [-0.2, -0.15) is 0 Å². The molecule has 2 fully saturated rings. The highest BCUT2D eigenvalue weighted by Gasteiger charge is 2.31. The Morgan fingerprint density at radius 1 is 1.06 bits per heavy atom. The number of nitro groups is 1. The molecule has 4 rings (SSSR count). The van der Waals surface area contributed by atoms with Gasteiger partial charge in [0.15, 0.2) is 0 Å². The molecule has 35 heavy (non-hydrogen) atoms. The summed E-state index contributed by atoms with van der Waals surface area (Å²) >= 11 is 3.33. The van der Waals surface area contributed by atoms with Crippen LogP contribution in [0.15, 0.2) is 35.1 Å². The Bertz CT molecular complexity index is 1120. The Kier molecular flexibility index (Phi) is 7.84. The van der Waals surface area contributed by atoms with Crippen molar-refractivity contribution in [2.45, 2.75) is 38.1 Å².